The zero-order chi connectivity index (χ0) is 13.4. The van der Waals surface area contributed by atoms with Gasteiger partial charge in [-0.3, -0.25) is 4.89 Å². The predicted molar refractivity (Wildman–Crippen MR) is 69.1 cm³/mol. The summed E-state index contributed by atoms with van der Waals surface area (Å²) in [7, 11) is 0. The molecule has 0 spiro atoms. The van der Waals surface area contributed by atoms with Crippen molar-refractivity contribution in [3.63, 3.8) is 0 Å². The van der Waals surface area contributed by atoms with Gasteiger partial charge in [-0.2, -0.15) is 11.8 Å². The summed E-state index contributed by atoms with van der Waals surface area (Å²) < 4.78 is 0. The molecule has 1 aromatic carbocycles. The molecular weight excluding hydrogens is 254 g/mol. The molecule has 0 radical (unpaired) electrons. The summed E-state index contributed by atoms with van der Waals surface area (Å²) >= 11 is 1.49. The second-order valence-corrected chi connectivity index (χ2v) is 4.65. The fourth-order valence-electron chi connectivity index (χ4n) is 1.12. The normalized spacial score (nSPS) is 13.4. The Hall–Kier alpha value is -1.53. The fourth-order valence-corrected chi connectivity index (χ4v) is 1.66. The van der Waals surface area contributed by atoms with E-state index in [9.17, 15) is 9.59 Å². The molecular formula is C12H15NO4S. The Kier molecular flexibility index (Phi) is 5.67. The van der Waals surface area contributed by atoms with E-state index in [0.29, 0.717) is 17.8 Å². The van der Waals surface area contributed by atoms with Crippen LogP contribution in [-0.2, 0) is 14.5 Å². The van der Waals surface area contributed by atoms with Gasteiger partial charge in [0.1, 0.15) is 0 Å². The van der Waals surface area contributed by atoms with Crippen molar-refractivity contribution in [1.29, 1.82) is 0 Å². The number of hydrogen-bond acceptors (Lipinski definition) is 6. The lowest BCUT2D eigenvalue weighted by Gasteiger charge is -2.19. The van der Waals surface area contributed by atoms with Gasteiger partial charge in [0.2, 0.25) is 0 Å². The van der Waals surface area contributed by atoms with Gasteiger partial charge in [0, 0.05) is 0 Å². The number of para-hydroxylation sites is 1. The summed E-state index contributed by atoms with van der Waals surface area (Å²) in [5, 5.41) is 0. The van der Waals surface area contributed by atoms with Gasteiger partial charge in [-0.1, -0.05) is 18.2 Å². The van der Waals surface area contributed by atoms with Crippen LogP contribution in [0.1, 0.15) is 6.42 Å². The number of nitrogens with two attached hydrogens (primary N) is 1. The van der Waals surface area contributed by atoms with E-state index in [0.717, 1.165) is 0 Å². The van der Waals surface area contributed by atoms with Gasteiger partial charge in [-0.15, -0.1) is 0 Å². The maximum Gasteiger partial charge on any atom is 0.382 e. The zero-order valence-electron chi connectivity index (χ0n) is 10.00. The Labute approximate surface area is 110 Å². The molecule has 0 aliphatic carbocycles. The Bertz CT molecular complexity index is 398. The van der Waals surface area contributed by atoms with Crippen molar-refractivity contribution >= 4 is 24.0 Å². The van der Waals surface area contributed by atoms with Crippen molar-refractivity contribution in [3.05, 3.63) is 30.3 Å². The van der Waals surface area contributed by atoms with E-state index in [1.54, 1.807) is 30.3 Å². The van der Waals surface area contributed by atoms with Crippen molar-refractivity contribution < 1.29 is 19.4 Å². The maximum absolute atomic E-state index is 11.7. The lowest BCUT2D eigenvalue weighted by molar-refractivity contribution is -0.219. The lowest BCUT2D eigenvalue weighted by atomic mass is 10.0. The number of carbonyl (C=O) groups excluding carboxylic acids is 2. The Balaban J connectivity index is 2.55. The molecule has 1 atom stereocenters. The second-order valence-electron chi connectivity index (χ2n) is 3.67. The maximum atomic E-state index is 11.7. The highest BCUT2D eigenvalue weighted by molar-refractivity contribution is 7.98. The number of thioether (sulfide) groups is 1. The van der Waals surface area contributed by atoms with Crippen LogP contribution in [0.3, 0.4) is 0 Å². The molecule has 18 heavy (non-hydrogen) atoms. The monoisotopic (exact) mass is 269 g/mol. The fraction of sp³-hybridized carbons (Fsp3) is 0.333. The van der Waals surface area contributed by atoms with E-state index < -0.39 is 11.5 Å². The molecule has 0 aromatic heterocycles. The molecule has 6 heteroatoms. The van der Waals surface area contributed by atoms with Crippen molar-refractivity contribution in [2.45, 2.75) is 12.0 Å². The summed E-state index contributed by atoms with van der Waals surface area (Å²) in [5.74, 6) is 0.0507. The van der Waals surface area contributed by atoms with Gasteiger partial charge in [0.05, 0.1) is 0 Å². The first-order valence-electron chi connectivity index (χ1n) is 5.30. The van der Waals surface area contributed by atoms with Crippen molar-refractivity contribution in [2.24, 2.45) is 5.73 Å². The van der Waals surface area contributed by atoms with E-state index in [2.05, 4.69) is 4.89 Å². The van der Waals surface area contributed by atoms with Crippen LogP contribution in [0.4, 0.5) is 0 Å². The first-order valence-corrected chi connectivity index (χ1v) is 6.70. The molecule has 1 unspecified atom stereocenters. The zero-order valence-corrected chi connectivity index (χ0v) is 10.8. The van der Waals surface area contributed by atoms with E-state index in [-0.39, 0.29) is 6.42 Å². The minimum Gasteiger partial charge on any atom is -0.310 e. The van der Waals surface area contributed by atoms with Gasteiger partial charge in [0.15, 0.2) is 17.6 Å². The van der Waals surface area contributed by atoms with Gasteiger partial charge >= 0.3 is 5.97 Å². The van der Waals surface area contributed by atoms with Crippen LogP contribution < -0.4 is 10.6 Å². The molecule has 2 N–H and O–H groups in total. The molecule has 0 heterocycles. The standard InChI is InChI=1S/C12H15NO4S/c1-18-8-7-12(13,9-14)11(15)17-16-10-5-3-2-4-6-10/h2-6,9H,7-8,13H2,1H3. The molecule has 0 bridgehead atoms. The largest absolute Gasteiger partial charge is 0.382 e. The SMILES string of the molecule is CSCCC(N)(C=O)C(=O)OOc1ccccc1. The lowest BCUT2D eigenvalue weighted by Crippen LogP contribution is -2.51. The predicted octanol–water partition coefficient (Wildman–Crippen LogP) is 1.17. The van der Waals surface area contributed by atoms with Gasteiger partial charge < -0.3 is 10.5 Å². The molecule has 0 saturated carbocycles. The number of hydrogen-bond donors (Lipinski definition) is 1. The van der Waals surface area contributed by atoms with Crippen LogP contribution in [0.25, 0.3) is 0 Å². The third kappa shape index (κ3) is 4.05. The number of aldehydes is 1. The molecule has 0 amide bonds. The summed E-state index contributed by atoms with van der Waals surface area (Å²) in [5.41, 5.74) is 4.00. The molecule has 5 nitrogen and oxygen atoms in total. The van der Waals surface area contributed by atoms with Crippen molar-refractivity contribution in [1.82, 2.24) is 0 Å². The molecule has 98 valence electrons. The molecule has 0 aliphatic rings. The molecule has 0 aliphatic heterocycles. The van der Waals surface area contributed by atoms with E-state index in [1.807, 2.05) is 6.26 Å². The topological polar surface area (TPSA) is 78.6 Å². The molecule has 0 saturated heterocycles. The van der Waals surface area contributed by atoms with E-state index >= 15 is 0 Å². The van der Waals surface area contributed by atoms with Crippen LogP contribution in [-0.4, -0.2) is 29.8 Å². The third-order valence-electron chi connectivity index (χ3n) is 2.27. The molecule has 1 rings (SSSR count). The number of benzene rings is 1. The Morgan fingerprint density at radius 2 is 2.11 bits per heavy atom. The highest BCUT2D eigenvalue weighted by Crippen LogP contribution is 2.13. The van der Waals surface area contributed by atoms with E-state index in [1.165, 1.54) is 11.8 Å². The highest BCUT2D eigenvalue weighted by atomic mass is 32.2. The van der Waals surface area contributed by atoms with Gasteiger partial charge in [-0.25, -0.2) is 9.68 Å². The first-order chi connectivity index (χ1) is 8.62. The Morgan fingerprint density at radius 3 is 2.67 bits per heavy atom. The summed E-state index contributed by atoms with van der Waals surface area (Å²) in [4.78, 5) is 31.9. The molecule has 0 fully saturated rings. The van der Waals surface area contributed by atoms with Crippen molar-refractivity contribution in [2.75, 3.05) is 12.0 Å². The average Bonchev–Trinajstić information content (AvgIpc) is 2.43. The first kappa shape index (κ1) is 14.5. The summed E-state index contributed by atoms with van der Waals surface area (Å²) in [6.07, 6.45) is 2.45. The average molecular weight is 269 g/mol. The quantitative estimate of drug-likeness (QED) is 0.346. The van der Waals surface area contributed by atoms with Crippen molar-refractivity contribution in [3.8, 4) is 5.75 Å². The van der Waals surface area contributed by atoms with E-state index in [4.69, 9.17) is 10.6 Å². The van der Waals surface area contributed by atoms with Crippen LogP contribution in [0.5, 0.6) is 5.75 Å². The van der Waals surface area contributed by atoms with Crippen LogP contribution in [0.15, 0.2) is 30.3 Å². The third-order valence-corrected chi connectivity index (χ3v) is 2.88. The second kappa shape index (κ2) is 7.03. The van der Waals surface area contributed by atoms with Crippen LogP contribution in [0, 0.1) is 0 Å². The van der Waals surface area contributed by atoms with Crippen LogP contribution >= 0.6 is 11.8 Å². The smallest absolute Gasteiger partial charge is 0.310 e. The molecule has 1 aromatic rings. The van der Waals surface area contributed by atoms with Gasteiger partial charge in [-0.05, 0) is 30.6 Å². The highest BCUT2D eigenvalue weighted by Gasteiger charge is 2.36. The summed E-state index contributed by atoms with van der Waals surface area (Å²) in [6, 6.07) is 8.49. The van der Waals surface area contributed by atoms with Gasteiger partial charge in [0.25, 0.3) is 0 Å². The number of rotatable bonds is 7. The number of carbonyl (C=O) groups is 2. The minimum atomic E-state index is -1.65. The Morgan fingerprint density at radius 1 is 1.44 bits per heavy atom. The minimum absolute atomic E-state index is 0.203. The van der Waals surface area contributed by atoms with Crippen LogP contribution in [0.2, 0.25) is 0 Å². The summed E-state index contributed by atoms with van der Waals surface area (Å²) in [6.45, 7) is 0.